The molecule has 1 saturated carbocycles. The number of rotatable bonds is 0. The van der Waals surface area contributed by atoms with Crippen molar-refractivity contribution < 1.29 is 0 Å². The minimum atomic E-state index is 0.273. The molecule has 1 spiro atoms. The second-order valence-electron chi connectivity index (χ2n) is 5.10. The maximum atomic E-state index is 6.09. The summed E-state index contributed by atoms with van der Waals surface area (Å²) in [5.41, 5.74) is 2.44. The fraction of sp³-hybridized carbons (Fsp3) is 0.538. The van der Waals surface area contributed by atoms with Crippen molar-refractivity contribution in [1.82, 2.24) is 0 Å². The molecule has 3 rings (SSSR count). The molecular formula is C13H16Cl2N2. The summed E-state index contributed by atoms with van der Waals surface area (Å²) >= 11 is 12.1. The molecule has 17 heavy (non-hydrogen) atoms. The predicted octanol–water partition coefficient (Wildman–Crippen LogP) is 4.53. The van der Waals surface area contributed by atoms with Crippen LogP contribution in [0, 0.1) is 0 Å². The fourth-order valence-electron chi connectivity index (χ4n) is 3.01. The van der Waals surface area contributed by atoms with E-state index in [0.717, 1.165) is 24.3 Å². The van der Waals surface area contributed by atoms with Gasteiger partial charge in [-0.1, -0.05) is 36.0 Å². The van der Waals surface area contributed by atoms with E-state index in [4.69, 9.17) is 23.2 Å². The molecule has 0 saturated heterocycles. The number of benzene rings is 1. The number of nitrogens with one attached hydrogen (secondary N) is 2. The lowest BCUT2D eigenvalue weighted by Crippen LogP contribution is -2.35. The van der Waals surface area contributed by atoms with Gasteiger partial charge in [-0.2, -0.15) is 0 Å². The minimum Gasteiger partial charge on any atom is -0.383 e. The Morgan fingerprint density at radius 2 is 1.59 bits per heavy atom. The standard InChI is InChI=1S/C13H16Cl2N2/c14-9-7-11-12(8-10(9)15)17-13(5-6-16-11)3-1-2-4-13/h7-8,16-17H,1-6H2. The van der Waals surface area contributed by atoms with Crippen molar-refractivity contribution in [1.29, 1.82) is 0 Å². The van der Waals surface area contributed by atoms with Gasteiger partial charge in [0.25, 0.3) is 0 Å². The van der Waals surface area contributed by atoms with Gasteiger partial charge in [0.15, 0.2) is 0 Å². The first-order valence-corrected chi connectivity index (χ1v) is 6.95. The SMILES string of the molecule is Clc1cc2c(cc1Cl)NC1(CCCC1)CCN2. The van der Waals surface area contributed by atoms with Crippen LogP contribution in [0.3, 0.4) is 0 Å². The lowest BCUT2D eigenvalue weighted by molar-refractivity contribution is 0.461. The monoisotopic (exact) mass is 270 g/mol. The Morgan fingerprint density at radius 3 is 2.29 bits per heavy atom. The largest absolute Gasteiger partial charge is 0.383 e. The van der Waals surface area contributed by atoms with Gasteiger partial charge in [0.05, 0.1) is 21.4 Å². The third kappa shape index (κ3) is 2.09. The highest BCUT2D eigenvalue weighted by molar-refractivity contribution is 6.42. The molecule has 1 aliphatic carbocycles. The highest BCUT2D eigenvalue weighted by atomic mass is 35.5. The van der Waals surface area contributed by atoms with E-state index in [1.54, 1.807) is 0 Å². The predicted molar refractivity (Wildman–Crippen MR) is 74.4 cm³/mol. The van der Waals surface area contributed by atoms with Gasteiger partial charge in [0.1, 0.15) is 0 Å². The van der Waals surface area contributed by atoms with Gasteiger partial charge < -0.3 is 10.6 Å². The zero-order valence-electron chi connectivity index (χ0n) is 9.65. The number of anilines is 2. The number of halogens is 2. The summed E-state index contributed by atoms with van der Waals surface area (Å²) in [4.78, 5) is 0. The Kier molecular flexibility index (Phi) is 2.87. The van der Waals surface area contributed by atoms with Crippen molar-refractivity contribution in [3.63, 3.8) is 0 Å². The van der Waals surface area contributed by atoms with E-state index >= 15 is 0 Å². The molecule has 0 aromatic heterocycles. The quantitative estimate of drug-likeness (QED) is 0.724. The first kappa shape index (κ1) is 11.5. The second-order valence-corrected chi connectivity index (χ2v) is 5.92. The van der Waals surface area contributed by atoms with E-state index in [9.17, 15) is 0 Å². The maximum Gasteiger partial charge on any atom is 0.0614 e. The number of fused-ring (bicyclic) bond motifs is 1. The summed E-state index contributed by atoms with van der Waals surface area (Å²) < 4.78 is 0. The van der Waals surface area contributed by atoms with Gasteiger partial charge in [-0.3, -0.25) is 0 Å². The third-order valence-corrected chi connectivity index (χ3v) is 4.66. The molecule has 1 fully saturated rings. The molecular weight excluding hydrogens is 255 g/mol. The van der Waals surface area contributed by atoms with Crippen LogP contribution in [0.15, 0.2) is 12.1 Å². The second kappa shape index (κ2) is 4.25. The molecule has 1 aliphatic heterocycles. The van der Waals surface area contributed by atoms with Gasteiger partial charge in [0.2, 0.25) is 0 Å². The van der Waals surface area contributed by atoms with E-state index in [2.05, 4.69) is 10.6 Å². The van der Waals surface area contributed by atoms with Crippen LogP contribution >= 0.6 is 23.2 Å². The van der Waals surface area contributed by atoms with Gasteiger partial charge in [-0.05, 0) is 31.4 Å². The van der Waals surface area contributed by atoms with E-state index in [1.807, 2.05) is 12.1 Å². The zero-order chi connectivity index (χ0) is 11.9. The third-order valence-electron chi connectivity index (χ3n) is 3.94. The lowest BCUT2D eigenvalue weighted by Gasteiger charge is -2.29. The van der Waals surface area contributed by atoms with Crippen molar-refractivity contribution in [2.75, 3.05) is 17.2 Å². The van der Waals surface area contributed by atoms with Crippen LogP contribution in [0.1, 0.15) is 32.1 Å². The normalized spacial score (nSPS) is 21.5. The minimum absolute atomic E-state index is 0.273. The van der Waals surface area contributed by atoms with E-state index in [1.165, 1.54) is 25.7 Å². The average Bonchev–Trinajstić information content (AvgIpc) is 2.66. The summed E-state index contributed by atoms with van der Waals surface area (Å²) in [6, 6.07) is 3.86. The van der Waals surface area contributed by atoms with Gasteiger partial charge in [-0.25, -0.2) is 0 Å². The van der Waals surface area contributed by atoms with Crippen LogP contribution in [-0.4, -0.2) is 12.1 Å². The number of hydrogen-bond acceptors (Lipinski definition) is 2. The fourth-order valence-corrected chi connectivity index (χ4v) is 3.34. The van der Waals surface area contributed by atoms with Crippen LogP contribution in [0.4, 0.5) is 11.4 Å². The van der Waals surface area contributed by atoms with Gasteiger partial charge >= 0.3 is 0 Å². The molecule has 0 atom stereocenters. The van der Waals surface area contributed by atoms with E-state index < -0.39 is 0 Å². The van der Waals surface area contributed by atoms with Gasteiger partial charge in [-0.15, -0.1) is 0 Å². The average molecular weight is 271 g/mol. The Morgan fingerprint density at radius 1 is 0.941 bits per heavy atom. The van der Waals surface area contributed by atoms with E-state index in [-0.39, 0.29) is 5.54 Å². The first-order valence-electron chi connectivity index (χ1n) is 6.20. The number of hydrogen-bond donors (Lipinski definition) is 2. The molecule has 2 N–H and O–H groups in total. The van der Waals surface area contributed by atoms with Crippen molar-refractivity contribution in [2.24, 2.45) is 0 Å². The Hall–Kier alpha value is -0.600. The summed E-state index contributed by atoms with van der Waals surface area (Å²) in [6.07, 6.45) is 6.33. The summed E-state index contributed by atoms with van der Waals surface area (Å²) in [5.74, 6) is 0. The molecule has 92 valence electrons. The molecule has 0 amide bonds. The van der Waals surface area contributed by atoms with Crippen molar-refractivity contribution in [3.8, 4) is 0 Å². The Labute approximate surface area is 112 Å². The summed E-state index contributed by atoms with van der Waals surface area (Å²) in [5, 5.41) is 8.37. The molecule has 1 heterocycles. The molecule has 2 aliphatic rings. The lowest BCUT2D eigenvalue weighted by atomic mass is 9.93. The maximum absolute atomic E-state index is 6.09. The van der Waals surface area contributed by atoms with E-state index in [0.29, 0.717) is 10.0 Å². The zero-order valence-corrected chi connectivity index (χ0v) is 11.2. The van der Waals surface area contributed by atoms with Crippen LogP contribution in [0.5, 0.6) is 0 Å². The van der Waals surface area contributed by atoms with Crippen molar-refractivity contribution >= 4 is 34.6 Å². The molecule has 0 unspecified atom stereocenters. The topological polar surface area (TPSA) is 24.1 Å². The molecule has 2 nitrogen and oxygen atoms in total. The Bertz CT molecular complexity index is 439. The van der Waals surface area contributed by atoms with Crippen molar-refractivity contribution in [3.05, 3.63) is 22.2 Å². The van der Waals surface area contributed by atoms with Crippen LogP contribution in [0.25, 0.3) is 0 Å². The molecule has 1 aromatic carbocycles. The first-order chi connectivity index (χ1) is 8.19. The molecule has 4 heteroatoms. The van der Waals surface area contributed by atoms with Gasteiger partial charge in [0, 0.05) is 12.1 Å². The molecule has 0 radical (unpaired) electrons. The highest BCUT2D eigenvalue weighted by Crippen LogP contribution is 2.42. The van der Waals surface area contributed by atoms with Crippen LogP contribution < -0.4 is 10.6 Å². The molecule has 1 aromatic rings. The summed E-state index contributed by atoms with van der Waals surface area (Å²) in [6.45, 7) is 0.998. The molecule has 0 bridgehead atoms. The Balaban J connectivity index is 1.98. The van der Waals surface area contributed by atoms with Crippen LogP contribution in [0.2, 0.25) is 10.0 Å². The van der Waals surface area contributed by atoms with Crippen molar-refractivity contribution in [2.45, 2.75) is 37.6 Å². The van der Waals surface area contributed by atoms with Crippen LogP contribution in [-0.2, 0) is 0 Å². The smallest absolute Gasteiger partial charge is 0.0614 e. The summed E-state index contributed by atoms with van der Waals surface area (Å²) in [7, 11) is 0. The highest BCUT2D eigenvalue weighted by Gasteiger charge is 2.35.